The smallest absolute Gasteiger partial charge is 0.0995 e. The Kier molecular flexibility index (Phi) is 4.33. The standard InChI is InChI=1S/C22H24ClN3O/c23-17-2-1-3-18(12-17)25-10-8-16(9-11-25)22(27)21-20(15-4-5-15)7-6-19-13-24-14-26(19)21/h1-3,6-7,12-16,22,27H,4-5,8-11H2/t22-/m0/s1. The lowest BCUT2D eigenvalue weighted by atomic mass is 9.87. The van der Waals surface area contributed by atoms with Crippen LogP contribution in [0.4, 0.5) is 5.69 Å². The van der Waals surface area contributed by atoms with E-state index in [9.17, 15) is 5.11 Å². The molecule has 1 N–H and O–H groups in total. The number of aliphatic hydroxyl groups is 1. The normalized spacial score (nSPS) is 19.6. The van der Waals surface area contributed by atoms with Gasteiger partial charge in [0.15, 0.2) is 0 Å². The molecule has 3 heterocycles. The van der Waals surface area contributed by atoms with Gasteiger partial charge in [0, 0.05) is 23.8 Å². The summed E-state index contributed by atoms with van der Waals surface area (Å²) in [4.78, 5) is 6.67. The molecule has 1 saturated heterocycles. The van der Waals surface area contributed by atoms with E-state index in [-0.39, 0.29) is 5.92 Å². The number of imidazole rings is 1. The van der Waals surface area contributed by atoms with Gasteiger partial charge in [-0.2, -0.15) is 0 Å². The van der Waals surface area contributed by atoms with Crippen LogP contribution in [-0.4, -0.2) is 27.6 Å². The van der Waals surface area contributed by atoms with E-state index in [2.05, 4.69) is 32.5 Å². The third-order valence-corrected chi connectivity index (χ3v) is 6.35. The number of aliphatic hydroxyl groups excluding tert-OH is 1. The molecule has 0 spiro atoms. The monoisotopic (exact) mass is 381 g/mol. The van der Waals surface area contributed by atoms with Crippen LogP contribution in [0.15, 0.2) is 48.9 Å². The van der Waals surface area contributed by atoms with Gasteiger partial charge in [-0.05, 0) is 67.3 Å². The van der Waals surface area contributed by atoms with E-state index in [0.717, 1.165) is 42.2 Å². The van der Waals surface area contributed by atoms with Crippen LogP contribution in [0.2, 0.25) is 5.02 Å². The third kappa shape index (κ3) is 3.21. The molecule has 2 fully saturated rings. The van der Waals surface area contributed by atoms with Gasteiger partial charge in [0.25, 0.3) is 0 Å². The molecule has 0 unspecified atom stereocenters. The Hall–Kier alpha value is -2.04. The van der Waals surface area contributed by atoms with E-state index in [4.69, 9.17) is 11.6 Å². The van der Waals surface area contributed by atoms with E-state index >= 15 is 0 Å². The molecule has 3 aromatic rings. The molecule has 4 nitrogen and oxygen atoms in total. The lowest BCUT2D eigenvalue weighted by Gasteiger charge is -2.36. The Bertz CT molecular complexity index is 957. The summed E-state index contributed by atoms with van der Waals surface area (Å²) in [5.74, 6) is 0.874. The maximum absolute atomic E-state index is 11.3. The molecular formula is C22H24ClN3O. The summed E-state index contributed by atoms with van der Waals surface area (Å²) in [6.45, 7) is 1.89. The van der Waals surface area contributed by atoms with Crippen LogP contribution < -0.4 is 4.90 Å². The first kappa shape index (κ1) is 17.1. The van der Waals surface area contributed by atoms with Crippen molar-refractivity contribution >= 4 is 22.8 Å². The van der Waals surface area contributed by atoms with Crippen molar-refractivity contribution in [1.82, 2.24) is 9.38 Å². The number of pyridine rings is 1. The zero-order valence-electron chi connectivity index (χ0n) is 15.3. The Labute approximate surface area is 164 Å². The third-order valence-electron chi connectivity index (χ3n) is 6.11. The van der Waals surface area contributed by atoms with Gasteiger partial charge in [0.05, 0.1) is 29.8 Å². The summed E-state index contributed by atoms with van der Waals surface area (Å²) >= 11 is 6.15. The average Bonchev–Trinajstić information content (AvgIpc) is 3.43. The fraction of sp³-hybridized carbons (Fsp3) is 0.409. The second-order valence-electron chi connectivity index (χ2n) is 7.89. The minimum Gasteiger partial charge on any atom is -0.387 e. The molecule has 1 aromatic carbocycles. The lowest BCUT2D eigenvalue weighted by Crippen LogP contribution is -2.36. The number of fused-ring (bicyclic) bond motifs is 1. The zero-order chi connectivity index (χ0) is 18.4. The predicted octanol–water partition coefficient (Wildman–Crippen LogP) is 4.82. The van der Waals surface area contributed by atoms with Crippen LogP contribution in [0.1, 0.15) is 49.0 Å². The molecule has 5 heteroatoms. The van der Waals surface area contributed by atoms with Crippen LogP contribution in [0.5, 0.6) is 0 Å². The van der Waals surface area contributed by atoms with Crippen molar-refractivity contribution in [3.05, 3.63) is 65.2 Å². The zero-order valence-corrected chi connectivity index (χ0v) is 16.0. The first-order chi connectivity index (χ1) is 13.2. The number of benzene rings is 1. The van der Waals surface area contributed by atoms with Crippen molar-refractivity contribution in [1.29, 1.82) is 0 Å². The molecule has 2 aromatic heterocycles. The van der Waals surface area contributed by atoms with Gasteiger partial charge in [-0.15, -0.1) is 0 Å². The van der Waals surface area contributed by atoms with Gasteiger partial charge in [-0.25, -0.2) is 4.98 Å². The Balaban J connectivity index is 1.38. The van der Waals surface area contributed by atoms with Crippen molar-refractivity contribution in [2.24, 2.45) is 5.92 Å². The van der Waals surface area contributed by atoms with Gasteiger partial charge >= 0.3 is 0 Å². The highest BCUT2D eigenvalue weighted by Crippen LogP contribution is 2.45. The molecule has 0 radical (unpaired) electrons. The maximum Gasteiger partial charge on any atom is 0.0995 e. The minimum atomic E-state index is -0.444. The van der Waals surface area contributed by atoms with Crippen molar-refractivity contribution < 1.29 is 5.11 Å². The fourth-order valence-corrected chi connectivity index (χ4v) is 4.64. The van der Waals surface area contributed by atoms with Crippen molar-refractivity contribution in [2.75, 3.05) is 18.0 Å². The van der Waals surface area contributed by atoms with Crippen molar-refractivity contribution in [2.45, 2.75) is 37.7 Å². The highest BCUT2D eigenvalue weighted by molar-refractivity contribution is 6.30. The number of hydrogen-bond donors (Lipinski definition) is 1. The van der Waals surface area contributed by atoms with Gasteiger partial charge in [-0.3, -0.25) is 0 Å². The number of rotatable bonds is 4. The number of anilines is 1. The summed E-state index contributed by atoms with van der Waals surface area (Å²) in [5, 5.41) is 12.1. The molecule has 2 aliphatic rings. The molecule has 0 bridgehead atoms. The molecule has 5 rings (SSSR count). The van der Waals surface area contributed by atoms with Crippen molar-refractivity contribution in [3.8, 4) is 0 Å². The first-order valence-electron chi connectivity index (χ1n) is 9.84. The second-order valence-corrected chi connectivity index (χ2v) is 8.32. The van der Waals surface area contributed by atoms with E-state index in [1.54, 1.807) is 0 Å². The second kappa shape index (κ2) is 6.84. The summed E-state index contributed by atoms with van der Waals surface area (Å²) < 4.78 is 2.10. The molecule has 1 atom stereocenters. The van der Waals surface area contributed by atoms with Gasteiger partial charge in [0.1, 0.15) is 0 Å². The predicted molar refractivity (Wildman–Crippen MR) is 109 cm³/mol. The highest BCUT2D eigenvalue weighted by atomic mass is 35.5. The van der Waals surface area contributed by atoms with E-state index in [1.807, 2.05) is 30.7 Å². The van der Waals surface area contributed by atoms with E-state index < -0.39 is 6.10 Å². The molecule has 0 amide bonds. The highest BCUT2D eigenvalue weighted by Gasteiger charge is 2.34. The van der Waals surface area contributed by atoms with Crippen LogP contribution >= 0.6 is 11.6 Å². The maximum atomic E-state index is 11.3. The summed E-state index contributed by atoms with van der Waals surface area (Å²) in [6, 6.07) is 12.4. The summed E-state index contributed by atoms with van der Waals surface area (Å²) in [7, 11) is 0. The fourth-order valence-electron chi connectivity index (χ4n) is 4.45. The summed E-state index contributed by atoms with van der Waals surface area (Å²) in [5.41, 5.74) is 4.61. The average molecular weight is 382 g/mol. The van der Waals surface area contributed by atoms with Gasteiger partial charge in [0.2, 0.25) is 0 Å². The number of aromatic nitrogens is 2. The molecule has 1 aliphatic carbocycles. The molecule has 140 valence electrons. The van der Waals surface area contributed by atoms with E-state index in [1.165, 1.54) is 24.1 Å². The number of piperidine rings is 1. The van der Waals surface area contributed by atoms with E-state index in [0.29, 0.717) is 5.92 Å². The van der Waals surface area contributed by atoms with Crippen LogP contribution in [0.25, 0.3) is 5.52 Å². The largest absolute Gasteiger partial charge is 0.387 e. The Morgan fingerprint density at radius 3 is 2.63 bits per heavy atom. The van der Waals surface area contributed by atoms with Crippen LogP contribution in [0.3, 0.4) is 0 Å². The Morgan fingerprint density at radius 2 is 1.89 bits per heavy atom. The van der Waals surface area contributed by atoms with Gasteiger partial charge in [-0.1, -0.05) is 23.7 Å². The van der Waals surface area contributed by atoms with Crippen LogP contribution in [0, 0.1) is 5.92 Å². The molecule has 27 heavy (non-hydrogen) atoms. The number of halogens is 1. The Morgan fingerprint density at radius 1 is 1.07 bits per heavy atom. The number of hydrogen-bond acceptors (Lipinski definition) is 3. The first-order valence-corrected chi connectivity index (χ1v) is 10.2. The lowest BCUT2D eigenvalue weighted by molar-refractivity contribution is 0.0871. The van der Waals surface area contributed by atoms with Crippen molar-refractivity contribution in [3.63, 3.8) is 0 Å². The van der Waals surface area contributed by atoms with Gasteiger partial charge < -0.3 is 14.4 Å². The minimum absolute atomic E-state index is 0.269. The summed E-state index contributed by atoms with van der Waals surface area (Å²) in [6.07, 6.45) is 7.68. The van der Waals surface area contributed by atoms with Crippen LogP contribution in [-0.2, 0) is 0 Å². The number of nitrogens with zero attached hydrogens (tertiary/aromatic N) is 3. The topological polar surface area (TPSA) is 40.8 Å². The molecular weight excluding hydrogens is 358 g/mol. The molecule has 1 aliphatic heterocycles. The quantitative estimate of drug-likeness (QED) is 0.704. The SMILES string of the molecule is O[C@H](c1c(C2CC2)ccc2cncn12)C1CCN(c2cccc(Cl)c2)CC1. The molecule has 1 saturated carbocycles.